The molecule has 0 aromatic heterocycles. The van der Waals surface area contributed by atoms with Crippen molar-refractivity contribution >= 4 is 11.6 Å². The second-order valence-electron chi connectivity index (χ2n) is 6.12. The first-order valence-electron chi connectivity index (χ1n) is 6.97. The zero-order valence-corrected chi connectivity index (χ0v) is 12.6. The molecule has 18 heavy (non-hydrogen) atoms. The summed E-state index contributed by atoms with van der Waals surface area (Å²) >= 11 is 0. The van der Waals surface area contributed by atoms with Gasteiger partial charge in [0.1, 0.15) is 11.6 Å². The van der Waals surface area contributed by atoms with Gasteiger partial charge in [-0.3, -0.25) is 9.59 Å². The van der Waals surface area contributed by atoms with Crippen LogP contribution in [0.1, 0.15) is 59.8 Å². The Morgan fingerprint density at radius 1 is 1.11 bits per heavy atom. The fraction of sp³-hybridized carbons (Fsp3) is 0.867. The van der Waals surface area contributed by atoms with Crippen LogP contribution in [0.25, 0.3) is 0 Å². The van der Waals surface area contributed by atoms with Crippen molar-refractivity contribution in [1.82, 2.24) is 5.32 Å². The Morgan fingerprint density at radius 3 is 2.17 bits per heavy atom. The van der Waals surface area contributed by atoms with Gasteiger partial charge in [-0.2, -0.15) is 0 Å². The van der Waals surface area contributed by atoms with E-state index in [0.29, 0.717) is 12.8 Å². The molecule has 0 aliphatic carbocycles. The Kier molecular flexibility index (Phi) is 8.08. The van der Waals surface area contributed by atoms with Gasteiger partial charge in [0.25, 0.3) is 0 Å². The van der Waals surface area contributed by atoms with Gasteiger partial charge in [-0.05, 0) is 39.8 Å². The molecule has 106 valence electrons. The highest BCUT2D eigenvalue weighted by molar-refractivity contribution is 5.84. The van der Waals surface area contributed by atoms with Crippen LogP contribution in [0.3, 0.4) is 0 Å². The highest BCUT2D eigenvalue weighted by Crippen LogP contribution is 2.22. The molecule has 3 heteroatoms. The number of rotatable bonds is 9. The number of unbranched alkanes of at least 4 members (excludes halogenated alkanes) is 1. The summed E-state index contributed by atoms with van der Waals surface area (Å²) in [4.78, 5) is 23.4. The van der Waals surface area contributed by atoms with Crippen molar-refractivity contribution in [2.45, 2.75) is 59.8 Å². The van der Waals surface area contributed by atoms with E-state index in [4.69, 9.17) is 0 Å². The zero-order valence-electron chi connectivity index (χ0n) is 12.6. The molecule has 0 saturated heterocycles. The van der Waals surface area contributed by atoms with Crippen LogP contribution < -0.4 is 5.32 Å². The minimum atomic E-state index is -0.284. The average molecular weight is 255 g/mol. The van der Waals surface area contributed by atoms with Gasteiger partial charge < -0.3 is 5.32 Å². The second kappa shape index (κ2) is 8.41. The highest BCUT2D eigenvalue weighted by Gasteiger charge is 2.23. The Labute approximate surface area is 112 Å². The molecule has 3 nitrogen and oxygen atoms in total. The van der Waals surface area contributed by atoms with Crippen LogP contribution in [0.15, 0.2) is 0 Å². The molecule has 1 N–H and O–H groups in total. The fourth-order valence-electron chi connectivity index (χ4n) is 1.92. The molecule has 0 fully saturated rings. The summed E-state index contributed by atoms with van der Waals surface area (Å²) < 4.78 is 0. The molecule has 0 aliphatic rings. The molecule has 0 aromatic carbocycles. The first-order chi connectivity index (χ1) is 8.29. The van der Waals surface area contributed by atoms with Crippen molar-refractivity contribution in [3.8, 4) is 0 Å². The Morgan fingerprint density at radius 2 is 1.72 bits per heavy atom. The molecule has 0 spiro atoms. The summed E-state index contributed by atoms with van der Waals surface area (Å²) in [6.07, 6.45) is 4.29. The van der Waals surface area contributed by atoms with Gasteiger partial charge in [-0.15, -0.1) is 0 Å². The molecule has 0 bridgehead atoms. The molecule has 0 saturated carbocycles. The number of hydrogen-bond acceptors (Lipinski definition) is 3. The molecule has 0 aromatic rings. The SMILES string of the molecule is CNCCCC[C@H](CCC(=O)C(C)(C)C)C(C)=O. The van der Waals surface area contributed by atoms with Crippen molar-refractivity contribution in [3.05, 3.63) is 0 Å². The highest BCUT2D eigenvalue weighted by atomic mass is 16.1. The number of nitrogens with one attached hydrogen (secondary N) is 1. The van der Waals surface area contributed by atoms with Crippen molar-refractivity contribution in [2.75, 3.05) is 13.6 Å². The first kappa shape index (κ1) is 17.3. The first-order valence-corrected chi connectivity index (χ1v) is 6.97. The van der Waals surface area contributed by atoms with E-state index in [1.807, 2.05) is 27.8 Å². The van der Waals surface area contributed by atoms with Crippen molar-refractivity contribution < 1.29 is 9.59 Å². The summed E-state index contributed by atoms with van der Waals surface area (Å²) in [5.74, 6) is 0.540. The van der Waals surface area contributed by atoms with E-state index < -0.39 is 0 Å². The normalized spacial score (nSPS) is 13.4. The van der Waals surface area contributed by atoms with Crippen molar-refractivity contribution in [3.63, 3.8) is 0 Å². The lowest BCUT2D eigenvalue weighted by molar-refractivity contribution is -0.127. The van der Waals surface area contributed by atoms with Gasteiger partial charge in [0.15, 0.2) is 0 Å². The third-order valence-corrected chi connectivity index (χ3v) is 3.36. The van der Waals surface area contributed by atoms with E-state index >= 15 is 0 Å². The summed E-state index contributed by atoms with van der Waals surface area (Å²) in [5, 5.41) is 3.10. The Balaban J connectivity index is 4.05. The smallest absolute Gasteiger partial charge is 0.138 e. The van der Waals surface area contributed by atoms with Crippen LogP contribution in [0.2, 0.25) is 0 Å². The van der Waals surface area contributed by atoms with Crippen LogP contribution >= 0.6 is 0 Å². The van der Waals surface area contributed by atoms with Gasteiger partial charge in [0.2, 0.25) is 0 Å². The monoisotopic (exact) mass is 255 g/mol. The third-order valence-electron chi connectivity index (χ3n) is 3.36. The van der Waals surface area contributed by atoms with Crippen LogP contribution in [-0.2, 0) is 9.59 Å². The molecule has 0 unspecified atom stereocenters. The molecular formula is C15H29NO2. The maximum atomic E-state index is 11.8. The number of Topliss-reactive ketones (excluding diaryl/α,β-unsaturated/α-hetero) is 2. The number of ketones is 2. The van der Waals surface area contributed by atoms with E-state index in [0.717, 1.165) is 25.8 Å². The van der Waals surface area contributed by atoms with E-state index in [9.17, 15) is 9.59 Å². The third kappa shape index (κ3) is 7.59. The zero-order chi connectivity index (χ0) is 14.2. The summed E-state index contributed by atoms with van der Waals surface area (Å²) in [6, 6.07) is 0. The van der Waals surface area contributed by atoms with Crippen LogP contribution in [0, 0.1) is 11.3 Å². The summed E-state index contributed by atoms with van der Waals surface area (Å²) in [7, 11) is 1.93. The molecule has 0 heterocycles. The maximum absolute atomic E-state index is 11.8. The molecule has 0 amide bonds. The Bertz CT molecular complexity index is 266. The minimum absolute atomic E-state index is 0.0631. The molecule has 0 radical (unpaired) electrons. The lowest BCUT2D eigenvalue weighted by Crippen LogP contribution is -2.22. The number of carbonyl (C=O) groups is 2. The standard InChI is InChI=1S/C15H29NO2/c1-12(17)13(8-6-7-11-16-5)9-10-14(18)15(2,3)4/h13,16H,6-11H2,1-5H3/t13-/m1/s1. The maximum Gasteiger partial charge on any atom is 0.138 e. The Hall–Kier alpha value is -0.700. The van der Waals surface area contributed by atoms with E-state index in [1.54, 1.807) is 6.92 Å². The predicted octanol–water partition coefficient (Wildman–Crippen LogP) is 2.98. The van der Waals surface area contributed by atoms with Gasteiger partial charge in [0, 0.05) is 17.8 Å². The topological polar surface area (TPSA) is 46.2 Å². The molecule has 1 atom stereocenters. The lowest BCUT2D eigenvalue weighted by atomic mass is 9.84. The molecular weight excluding hydrogens is 226 g/mol. The molecule has 0 rings (SSSR count). The predicted molar refractivity (Wildman–Crippen MR) is 75.6 cm³/mol. The number of carbonyl (C=O) groups excluding carboxylic acids is 2. The number of hydrogen-bond donors (Lipinski definition) is 1. The minimum Gasteiger partial charge on any atom is -0.320 e. The average Bonchev–Trinajstić information content (AvgIpc) is 2.25. The second-order valence-corrected chi connectivity index (χ2v) is 6.12. The van der Waals surface area contributed by atoms with Crippen molar-refractivity contribution in [1.29, 1.82) is 0 Å². The van der Waals surface area contributed by atoms with Gasteiger partial charge in [-0.1, -0.05) is 27.2 Å². The fourth-order valence-corrected chi connectivity index (χ4v) is 1.92. The van der Waals surface area contributed by atoms with Crippen molar-refractivity contribution in [2.24, 2.45) is 11.3 Å². The van der Waals surface area contributed by atoms with Crippen LogP contribution in [0.4, 0.5) is 0 Å². The van der Waals surface area contributed by atoms with Gasteiger partial charge in [-0.25, -0.2) is 0 Å². The largest absolute Gasteiger partial charge is 0.320 e. The van der Waals surface area contributed by atoms with E-state index in [-0.39, 0.29) is 22.9 Å². The quantitative estimate of drug-likeness (QED) is 0.644. The van der Waals surface area contributed by atoms with Gasteiger partial charge in [0.05, 0.1) is 0 Å². The van der Waals surface area contributed by atoms with Crippen LogP contribution in [0.5, 0.6) is 0 Å². The summed E-state index contributed by atoms with van der Waals surface area (Å²) in [6.45, 7) is 8.44. The van der Waals surface area contributed by atoms with Gasteiger partial charge >= 0.3 is 0 Å². The van der Waals surface area contributed by atoms with Crippen LogP contribution in [-0.4, -0.2) is 25.2 Å². The lowest BCUT2D eigenvalue weighted by Gasteiger charge is -2.19. The molecule has 0 aliphatic heterocycles. The van der Waals surface area contributed by atoms with E-state index in [2.05, 4.69) is 5.32 Å². The van der Waals surface area contributed by atoms with E-state index in [1.165, 1.54) is 0 Å². The summed E-state index contributed by atoms with van der Waals surface area (Å²) in [5.41, 5.74) is -0.284.